The van der Waals surface area contributed by atoms with Crippen LogP contribution in [0.1, 0.15) is 62.6 Å². The topological polar surface area (TPSA) is 9.23 Å². The van der Waals surface area contributed by atoms with Gasteiger partial charge in [-0.25, -0.2) is 0 Å². The molecule has 0 unspecified atom stereocenters. The maximum Gasteiger partial charge on any atom is 0.119 e. The molecule has 1 heteroatoms. The Morgan fingerprint density at radius 2 is 1.50 bits per heavy atom. The van der Waals surface area contributed by atoms with Crippen molar-refractivity contribution in [3.63, 3.8) is 0 Å². The first-order valence-electron chi connectivity index (χ1n) is 9.77. The van der Waals surface area contributed by atoms with Crippen LogP contribution in [0.2, 0.25) is 0 Å². The number of hydrogen-bond acceptors (Lipinski definition) is 1. The Morgan fingerprint density at radius 3 is 2.12 bits per heavy atom. The summed E-state index contributed by atoms with van der Waals surface area (Å²) in [6, 6.07) is 16.6. The maximum absolute atomic E-state index is 5.77. The number of rotatable bonds is 9. The second-order valence-corrected chi connectivity index (χ2v) is 6.49. The van der Waals surface area contributed by atoms with Gasteiger partial charge in [0.1, 0.15) is 5.75 Å². The van der Waals surface area contributed by atoms with Crippen molar-refractivity contribution in [3.05, 3.63) is 77.4 Å². The highest BCUT2D eigenvalue weighted by atomic mass is 16.5. The molecule has 1 nitrogen and oxygen atoms in total. The molecule has 0 saturated carbocycles. The molecule has 0 aliphatic heterocycles. The fourth-order valence-electron chi connectivity index (χ4n) is 2.67. The van der Waals surface area contributed by atoms with Crippen LogP contribution in [-0.2, 0) is 6.42 Å². The van der Waals surface area contributed by atoms with Gasteiger partial charge in [0.05, 0.1) is 6.61 Å². The minimum Gasteiger partial charge on any atom is -0.494 e. The van der Waals surface area contributed by atoms with Gasteiger partial charge in [-0.05, 0) is 68.1 Å². The average molecular weight is 347 g/mol. The summed E-state index contributed by atoms with van der Waals surface area (Å²) >= 11 is 0. The van der Waals surface area contributed by atoms with Crippen LogP contribution in [0.3, 0.4) is 0 Å². The van der Waals surface area contributed by atoms with Gasteiger partial charge in [-0.3, -0.25) is 0 Å². The molecule has 0 aromatic heterocycles. The van der Waals surface area contributed by atoms with Crippen molar-refractivity contribution in [1.82, 2.24) is 0 Å². The molecular formula is C25H30O. The fraction of sp³-hybridized carbons (Fsp3) is 0.360. The number of unbranched alkanes of at least 4 members (excludes halogenated alkanes) is 3. The van der Waals surface area contributed by atoms with Gasteiger partial charge < -0.3 is 4.74 Å². The van der Waals surface area contributed by atoms with Crippen molar-refractivity contribution in [3.8, 4) is 17.6 Å². The van der Waals surface area contributed by atoms with E-state index in [1.807, 2.05) is 24.3 Å². The molecule has 0 radical (unpaired) electrons. The van der Waals surface area contributed by atoms with Crippen molar-refractivity contribution < 1.29 is 4.74 Å². The van der Waals surface area contributed by atoms with Gasteiger partial charge in [0.2, 0.25) is 0 Å². The summed E-state index contributed by atoms with van der Waals surface area (Å²) in [5.41, 5.74) is 3.42. The lowest BCUT2D eigenvalue weighted by molar-refractivity contribution is 0.305. The van der Waals surface area contributed by atoms with Crippen LogP contribution in [0.5, 0.6) is 5.75 Å². The highest BCUT2D eigenvalue weighted by Gasteiger charge is 1.95. The minimum absolute atomic E-state index is 0.797. The van der Waals surface area contributed by atoms with E-state index in [4.69, 9.17) is 4.74 Å². The van der Waals surface area contributed by atoms with Crippen LogP contribution in [0.25, 0.3) is 0 Å². The number of allylic oxidation sites excluding steroid dienone is 2. The first-order valence-corrected chi connectivity index (χ1v) is 9.77. The quantitative estimate of drug-likeness (QED) is 0.284. The summed E-state index contributed by atoms with van der Waals surface area (Å²) in [6.07, 6.45) is 11.4. The molecule has 0 fully saturated rings. The van der Waals surface area contributed by atoms with Crippen LogP contribution < -0.4 is 4.74 Å². The lowest BCUT2D eigenvalue weighted by Crippen LogP contribution is -1.96. The third-order valence-corrected chi connectivity index (χ3v) is 4.26. The second kappa shape index (κ2) is 12.0. The lowest BCUT2D eigenvalue weighted by atomic mass is 10.1. The van der Waals surface area contributed by atoms with E-state index in [1.54, 1.807) is 0 Å². The van der Waals surface area contributed by atoms with Crippen molar-refractivity contribution in [2.24, 2.45) is 0 Å². The highest BCUT2D eigenvalue weighted by Crippen LogP contribution is 2.13. The summed E-state index contributed by atoms with van der Waals surface area (Å²) < 4.78 is 5.77. The molecule has 0 aliphatic carbocycles. The Labute approximate surface area is 159 Å². The van der Waals surface area contributed by atoms with Crippen LogP contribution >= 0.6 is 0 Å². The van der Waals surface area contributed by atoms with Gasteiger partial charge in [0.15, 0.2) is 0 Å². The molecule has 0 aliphatic rings. The van der Waals surface area contributed by atoms with Gasteiger partial charge in [-0.1, -0.05) is 62.3 Å². The van der Waals surface area contributed by atoms with E-state index >= 15 is 0 Å². The molecule has 0 saturated heterocycles. The molecule has 0 heterocycles. The predicted molar refractivity (Wildman–Crippen MR) is 112 cm³/mol. The Balaban J connectivity index is 1.83. The Bertz CT molecular complexity index is 711. The lowest BCUT2D eigenvalue weighted by Gasteiger charge is -2.05. The molecule has 2 rings (SSSR count). The van der Waals surface area contributed by atoms with E-state index in [1.165, 1.54) is 24.8 Å². The summed E-state index contributed by atoms with van der Waals surface area (Å²) in [7, 11) is 0. The summed E-state index contributed by atoms with van der Waals surface area (Å²) in [5.74, 6) is 7.39. The zero-order chi connectivity index (χ0) is 18.5. The van der Waals surface area contributed by atoms with Crippen LogP contribution in [-0.4, -0.2) is 6.61 Å². The van der Waals surface area contributed by atoms with E-state index in [0.717, 1.165) is 42.7 Å². The van der Waals surface area contributed by atoms with Gasteiger partial charge in [0, 0.05) is 11.1 Å². The Hall–Kier alpha value is -2.46. The zero-order valence-electron chi connectivity index (χ0n) is 16.1. The average Bonchev–Trinajstić information content (AvgIpc) is 2.68. The summed E-state index contributed by atoms with van der Waals surface area (Å²) in [5, 5.41) is 0. The SMILES string of the molecule is CC=CCCc1ccc(C#Cc2ccc(OCCCCCC)cc2)cc1. The Kier molecular flexibility index (Phi) is 9.15. The summed E-state index contributed by atoms with van der Waals surface area (Å²) in [4.78, 5) is 0. The molecular weight excluding hydrogens is 316 g/mol. The molecule has 136 valence electrons. The van der Waals surface area contributed by atoms with Crippen LogP contribution in [0, 0.1) is 11.8 Å². The third-order valence-electron chi connectivity index (χ3n) is 4.26. The van der Waals surface area contributed by atoms with Crippen LogP contribution in [0.15, 0.2) is 60.7 Å². The van der Waals surface area contributed by atoms with E-state index in [0.29, 0.717) is 0 Å². The third kappa shape index (κ3) is 7.62. The first-order chi connectivity index (χ1) is 12.8. The molecule has 2 aromatic carbocycles. The van der Waals surface area contributed by atoms with Crippen molar-refractivity contribution >= 4 is 0 Å². The molecule has 26 heavy (non-hydrogen) atoms. The first kappa shape index (κ1) is 19.9. The molecule has 0 bridgehead atoms. The smallest absolute Gasteiger partial charge is 0.119 e. The van der Waals surface area contributed by atoms with Gasteiger partial charge >= 0.3 is 0 Å². The molecule has 0 N–H and O–H groups in total. The van der Waals surface area contributed by atoms with E-state index in [9.17, 15) is 0 Å². The fourth-order valence-corrected chi connectivity index (χ4v) is 2.67. The van der Waals surface area contributed by atoms with Gasteiger partial charge in [-0.2, -0.15) is 0 Å². The highest BCUT2D eigenvalue weighted by molar-refractivity contribution is 5.44. The van der Waals surface area contributed by atoms with Gasteiger partial charge in [-0.15, -0.1) is 0 Å². The number of ether oxygens (including phenoxy) is 1. The monoisotopic (exact) mass is 346 g/mol. The largest absolute Gasteiger partial charge is 0.494 e. The molecule has 0 atom stereocenters. The van der Waals surface area contributed by atoms with Crippen molar-refractivity contribution in [1.29, 1.82) is 0 Å². The van der Waals surface area contributed by atoms with E-state index in [2.05, 4.69) is 62.1 Å². The molecule has 0 amide bonds. The summed E-state index contributed by atoms with van der Waals surface area (Å²) in [6.45, 7) is 5.08. The molecule has 0 spiro atoms. The van der Waals surface area contributed by atoms with Gasteiger partial charge in [0.25, 0.3) is 0 Å². The van der Waals surface area contributed by atoms with Crippen molar-refractivity contribution in [2.75, 3.05) is 6.61 Å². The molecule has 2 aromatic rings. The van der Waals surface area contributed by atoms with E-state index < -0.39 is 0 Å². The minimum atomic E-state index is 0.797. The maximum atomic E-state index is 5.77. The van der Waals surface area contributed by atoms with Crippen molar-refractivity contribution in [2.45, 2.75) is 52.4 Å². The second-order valence-electron chi connectivity index (χ2n) is 6.49. The van der Waals surface area contributed by atoms with Crippen LogP contribution in [0.4, 0.5) is 0 Å². The Morgan fingerprint density at radius 1 is 0.846 bits per heavy atom. The predicted octanol–water partition coefficient (Wildman–Crippen LogP) is 6.55. The van der Waals surface area contributed by atoms with E-state index in [-0.39, 0.29) is 0 Å². The number of benzene rings is 2. The zero-order valence-corrected chi connectivity index (χ0v) is 16.1. The standard InChI is InChI=1S/C25H30O/c1-3-5-7-9-21-26-25-19-17-24(18-20-25)16-15-23-13-11-22(12-14-23)10-8-6-4-2/h4,6,11-14,17-20H,3,5,7-10,21H2,1-2H3. The number of hydrogen-bond donors (Lipinski definition) is 0. The normalized spacial score (nSPS) is 10.5. The number of aryl methyl sites for hydroxylation is 1.